The molecule has 0 aromatic carbocycles. The Balaban J connectivity index is 3.06. The van der Waals surface area contributed by atoms with Gasteiger partial charge in [0.25, 0.3) is 0 Å². The van der Waals surface area contributed by atoms with E-state index in [1.807, 2.05) is 34.6 Å². The Kier molecular flexibility index (Phi) is 10.0. The second kappa shape index (κ2) is 11.5. The van der Waals surface area contributed by atoms with Gasteiger partial charge in [0.1, 0.15) is 6.04 Å². The fraction of sp³-hybridized carbons (Fsp3) is 0.783. The van der Waals surface area contributed by atoms with Gasteiger partial charge >= 0.3 is 5.97 Å². The molecule has 1 aliphatic rings. The van der Waals surface area contributed by atoms with Gasteiger partial charge in [-0.05, 0) is 44.6 Å². The number of piperidine rings is 1. The molecule has 0 saturated carbocycles. The molecule has 1 saturated heterocycles. The first-order chi connectivity index (χ1) is 13.9. The minimum atomic E-state index is -0.670. The number of hydrogen-bond acceptors (Lipinski definition) is 5. The predicted molar refractivity (Wildman–Crippen MR) is 119 cm³/mol. The minimum Gasteiger partial charge on any atom is -0.463 e. The number of nitrogens with one attached hydrogen (secondary N) is 2. The predicted octanol–water partition coefficient (Wildman–Crippen LogP) is 2.65. The standard InChI is InChI=1S/C23H41N3O4/c1-9-30-22(29)16(4)14-18(15(2)3)26(8)21(28)19(23(5,6)7)25-20(27)17-12-10-11-13-24-17/h14-15,17-19,24H,9-13H2,1-8H3,(H,25,27)/b16-14+/t17?,18-,19-/m1/s1. The Hall–Kier alpha value is -1.89. The normalized spacial score (nSPS) is 19.8. The van der Waals surface area contributed by atoms with Crippen molar-refractivity contribution in [3.63, 3.8) is 0 Å². The van der Waals surface area contributed by atoms with Crippen LogP contribution >= 0.6 is 0 Å². The summed E-state index contributed by atoms with van der Waals surface area (Å²) >= 11 is 0. The van der Waals surface area contributed by atoms with Crippen molar-refractivity contribution in [1.29, 1.82) is 0 Å². The topological polar surface area (TPSA) is 87.7 Å². The second-order valence-corrected chi connectivity index (χ2v) is 9.56. The Bertz CT molecular complexity index is 631. The lowest BCUT2D eigenvalue weighted by molar-refractivity contribution is -0.141. The lowest BCUT2D eigenvalue weighted by Gasteiger charge is -2.38. The van der Waals surface area contributed by atoms with Crippen molar-refractivity contribution in [2.75, 3.05) is 20.2 Å². The number of ether oxygens (including phenoxy) is 1. The summed E-state index contributed by atoms with van der Waals surface area (Å²) < 4.78 is 5.07. The fourth-order valence-electron chi connectivity index (χ4n) is 3.64. The van der Waals surface area contributed by atoms with E-state index in [2.05, 4.69) is 10.6 Å². The Morgan fingerprint density at radius 3 is 2.33 bits per heavy atom. The SMILES string of the molecule is CCOC(=O)/C(C)=C/[C@H](C(C)C)N(C)C(=O)[C@@H](NC(=O)C1CCCCN1)C(C)(C)C. The summed E-state index contributed by atoms with van der Waals surface area (Å²) in [4.78, 5) is 40.0. The van der Waals surface area contributed by atoms with Crippen molar-refractivity contribution < 1.29 is 19.1 Å². The van der Waals surface area contributed by atoms with Crippen molar-refractivity contribution in [1.82, 2.24) is 15.5 Å². The molecule has 1 rings (SSSR count). The van der Waals surface area contributed by atoms with E-state index in [9.17, 15) is 14.4 Å². The fourth-order valence-corrected chi connectivity index (χ4v) is 3.64. The molecule has 0 aromatic heterocycles. The third-order valence-corrected chi connectivity index (χ3v) is 5.52. The summed E-state index contributed by atoms with van der Waals surface area (Å²) in [5.74, 6) is -0.596. The maximum Gasteiger partial charge on any atom is 0.333 e. The van der Waals surface area contributed by atoms with Crippen LogP contribution in [0.3, 0.4) is 0 Å². The summed E-state index contributed by atoms with van der Waals surface area (Å²) in [5.41, 5.74) is 0.00911. The van der Waals surface area contributed by atoms with E-state index in [4.69, 9.17) is 4.74 Å². The highest BCUT2D eigenvalue weighted by molar-refractivity contribution is 5.91. The van der Waals surface area contributed by atoms with E-state index < -0.39 is 11.5 Å². The van der Waals surface area contributed by atoms with E-state index in [0.29, 0.717) is 12.2 Å². The largest absolute Gasteiger partial charge is 0.463 e. The maximum atomic E-state index is 13.5. The molecule has 0 aromatic rings. The molecule has 30 heavy (non-hydrogen) atoms. The number of amides is 2. The molecule has 2 amide bonds. The van der Waals surface area contributed by atoms with E-state index in [-0.39, 0.29) is 35.8 Å². The van der Waals surface area contributed by atoms with E-state index in [1.54, 1.807) is 31.9 Å². The van der Waals surface area contributed by atoms with Crippen LogP contribution in [0.25, 0.3) is 0 Å². The molecule has 1 aliphatic heterocycles. The van der Waals surface area contributed by atoms with Crippen LogP contribution in [0, 0.1) is 11.3 Å². The highest BCUT2D eigenvalue weighted by atomic mass is 16.5. The average molecular weight is 424 g/mol. The second-order valence-electron chi connectivity index (χ2n) is 9.56. The van der Waals surface area contributed by atoms with Crippen LogP contribution in [-0.2, 0) is 19.1 Å². The van der Waals surface area contributed by atoms with Crippen molar-refractivity contribution >= 4 is 17.8 Å². The first kappa shape index (κ1) is 26.1. The smallest absolute Gasteiger partial charge is 0.333 e. The molecule has 7 heteroatoms. The van der Waals surface area contributed by atoms with Gasteiger partial charge in [0.05, 0.1) is 18.7 Å². The van der Waals surface area contributed by atoms with Crippen LogP contribution in [-0.4, -0.2) is 61.0 Å². The summed E-state index contributed by atoms with van der Waals surface area (Å²) in [6, 6.07) is -1.22. The third-order valence-electron chi connectivity index (χ3n) is 5.52. The number of likely N-dealkylation sites (N-methyl/N-ethyl adjacent to an activating group) is 1. The maximum absolute atomic E-state index is 13.5. The molecule has 2 N–H and O–H groups in total. The summed E-state index contributed by atoms with van der Waals surface area (Å²) in [5, 5.41) is 6.23. The van der Waals surface area contributed by atoms with E-state index >= 15 is 0 Å². The number of hydrogen-bond donors (Lipinski definition) is 2. The molecule has 172 valence electrons. The van der Waals surface area contributed by atoms with Crippen LogP contribution in [0.2, 0.25) is 0 Å². The Morgan fingerprint density at radius 1 is 1.23 bits per heavy atom. The van der Waals surface area contributed by atoms with Crippen molar-refractivity contribution in [2.45, 2.75) is 85.9 Å². The summed E-state index contributed by atoms with van der Waals surface area (Å²) in [6.07, 6.45) is 4.64. The number of rotatable bonds is 8. The van der Waals surface area contributed by atoms with E-state index in [1.165, 1.54) is 0 Å². The number of carbonyl (C=O) groups excluding carboxylic acids is 3. The van der Waals surface area contributed by atoms with Crippen LogP contribution in [0.1, 0.15) is 67.7 Å². The molecular formula is C23H41N3O4. The molecule has 0 spiro atoms. The van der Waals surface area contributed by atoms with E-state index in [0.717, 1.165) is 25.8 Å². The quantitative estimate of drug-likeness (QED) is 0.463. The lowest BCUT2D eigenvalue weighted by atomic mass is 9.84. The summed E-state index contributed by atoms with van der Waals surface area (Å²) in [6.45, 7) is 14.4. The number of nitrogens with zero attached hydrogens (tertiary/aromatic N) is 1. The molecule has 7 nitrogen and oxygen atoms in total. The van der Waals surface area contributed by atoms with Crippen LogP contribution in [0.15, 0.2) is 11.6 Å². The molecular weight excluding hydrogens is 382 g/mol. The van der Waals surface area contributed by atoms with Crippen molar-refractivity contribution in [3.8, 4) is 0 Å². The number of carbonyl (C=O) groups is 3. The molecule has 0 aliphatic carbocycles. The van der Waals surface area contributed by atoms with Gasteiger partial charge in [0.2, 0.25) is 11.8 Å². The lowest BCUT2D eigenvalue weighted by Crippen LogP contribution is -2.59. The van der Waals surface area contributed by atoms with Crippen molar-refractivity contribution in [3.05, 3.63) is 11.6 Å². The minimum absolute atomic E-state index is 0.0830. The van der Waals surface area contributed by atoms with Gasteiger partial charge in [-0.25, -0.2) is 4.79 Å². The molecule has 1 heterocycles. The number of esters is 1. The molecule has 0 radical (unpaired) electrons. The zero-order chi connectivity index (χ0) is 23.1. The average Bonchev–Trinajstić information content (AvgIpc) is 2.68. The highest BCUT2D eigenvalue weighted by Gasteiger charge is 2.38. The molecule has 1 unspecified atom stereocenters. The van der Waals surface area contributed by atoms with Gasteiger partial charge in [-0.15, -0.1) is 0 Å². The van der Waals surface area contributed by atoms with Gasteiger partial charge < -0.3 is 20.3 Å². The van der Waals surface area contributed by atoms with Gasteiger partial charge in [0.15, 0.2) is 0 Å². The van der Waals surface area contributed by atoms with Gasteiger partial charge in [-0.3, -0.25) is 9.59 Å². The Labute approximate surface area is 182 Å². The zero-order valence-corrected chi connectivity index (χ0v) is 20.0. The van der Waals surface area contributed by atoms with Gasteiger partial charge in [-0.2, -0.15) is 0 Å². The molecule has 0 bridgehead atoms. The van der Waals surface area contributed by atoms with Crippen LogP contribution in [0.4, 0.5) is 0 Å². The zero-order valence-electron chi connectivity index (χ0n) is 20.0. The third kappa shape index (κ3) is 7.42. The van der Waals surface area contributed by atoms with Crippen molar-refractivity contribution in [2.24, 2.45) is 11.3 Å². The monoisotopic (exact) mass is 423 g/mol. The summed E-state index contributed by atoms with van der Waals surface area (Å²) in [7, 11) is 1.73. The van der Waals surface area contributed by atoms with Gasteiger partial charge in [0, 0.05) is 12.6 Å². The Morgan fingerprint density at radius 2 is 1.87 bits per heavy atom. The van der Waals surface area contributed by atoms with Crippen LogP contribution in [0.5, 0.6) is 0 Å². The highest BCUT2D eigenvalue weighted by Crippen LogP contribution is 2.24. The van der Waals surface area contributed by atoms with Gasteiger partial charge in [-0.1, -0.05) is 47.1 Å². The first-order valence-corrected chi connectivity index (χ1v) is 11.1. The molecule has 1 fully saturated rings. The first-order valence-electron chi connectivity index (χ1n) is 11.1. The molecule has 3 atom stereocenters. The van der Waals surface area contributed by atoms with Crippen LogP contribution < -0.4 is 10.6 Å².